The van der Waals surface area contributed by atoms with Crippen molar-refractivity contribution in [2.24, 2.45) is 0 Å². The maximum absolute atomic E-state index is 9.07. The average Bonchev–Trinajstić information content (AvgIpc) is 2.17. The summed E-state index contributed by atoms with van der Waals surface area (Å²) >= 11 is 0. The van der Waals surface area contributed by atoms with E-state index in [1.54, 1.807) is 12.1 Å². The minimum Gasteiger partial charge on any atom is -0.494 e. The SMILES string of the molecule is CCOc1ccc(B(O)O)c(CC)c1. The van der Waals surface area contributed by atoms with E-state index in [1.165, 1.54) is 0 Å². The first kappa shape index (κ1) is 11.1. The number of aryl methyl sites for hydroxylation is 1. The van der Waals surface area contributed by atoms with Gasteiger partial charge in [0.25, 0.3) is 0 Å². The molecule has 14 heavy (non-hydrogen) atoms. The Labute approximate surface area is 84.5 Å². The third kappa shape index (κ3) is 2.50. The quantitative estimate of drug-likeness (QED) is 0.679. The molecule has 0 atom stereocenters. The number of rotatable bonds is 4. The molecule has 0 aliphatic rings. The molecule has 76 valence electrons. The van der Waals surface area contributed by atoms with Crippen LogP contribution in [0.15, 0.2) is 18.2 Å². The number of hydrogen-bond donors (Lipinski definition) is 2. The second-order valence-corrected chi connectivity index (χ2v) is 3.02. The zero-order chi connectivity index (χ0) is 10.6. The van der Waals surface area contributed by atoms with E-state index in [4.69, 9.17) is 14.8 Å². The van der Waals surface area contributed by atoms with Crippen LogP contribution in [0, 0.1) is 0 Å². The summed E-state index contributed by atoms with van der Waals surface area (Å²) in [6.45, 7) is 4.50. The van der Waals surface area contributed by atoms with Crippen molar-refractivity contribution >= 4 is 12.6 Å². The van der Waals surface area contributed by atoms with Crippen molar-refractivity contribution in [3.8, 4) is 5.75 Å². The van der Waals surface area contributed by atoms with Crippen molar-refractivity contribution in [1.82, 2.24) is 0 Å². The summed E-state index contributed by atoms with van der Waals surface area (Å²) in [5.41, 5.74) is 1.46. The first-order valence-electron chi connectivity index (χ1n) is 4.80. The highest BCUT2D eigenvalue weighted by atomic mass is 16.5. The normalized spacial score (nSPS) is 10.0. The van der Waals surface area contributed by atoms with Crippen molar-refractivity contribution in [1.29, 1.82) is 0 Å². The van der Waals surface area contributed by atoms with E-state index in [0.29, 0.717) is 12.1 Å². The van der Waals surface area contributed by atoms with Crippen LogP contribution in [0.5, 0.6) is 5.75 Å². The molecule has 3 nitrogen and oxygen atoms in total. The van der Waals surface area contributed by atoms with Crippen LogP contribution in [0.4, 0.5) is 0 Å². The van der Waals surface area contributed by atoms with Gasteiger partial charge in [-0.05, 0) is 36.5 Å². The molecule has 0 saturated heterocycles. The second-order valence-electron chi connectivity index (χ2n) is 3.02. The Hall–Kier alpha value is -0.995. The van der Waals surface area contributed by atoms with E-state index < -0.39 is 7.12 Å². The fraction of sp³-hybridized carbons (Fsp3) is 0.400. The number of hydrogen-bond acceptors (Lipinski definition) is 3. The molecule has 1 rings (SSSR count). The minimum absolute atomic E-state index is 0.552. The molecule has 0 aliphatic carbocycles. The minimum atomic E-state index is -1.40. The highest BCUT2D eigenvalue weighted by molar-refractivity contribution is 6.59. The fourth-order valence-electron chi connectivity index (χ4n) is 1.40. The van der Waals surface area contributed by atoms with Gasteiger partial charge in [-0.15, -0.1) is 0 Å². The smallest absolute Gasteiger partial charge is 0.488 e. The molecule has 0 spiro atoms. The molecule has 4 heteroatoms. The number of benzene rings is 1. The van der Waals surface area contributed by atoms with Crippen molar-refractivity contribution in [2.75, 3.05) is 6.61 Å². The molecule has 1 aromatic rings. The first-order chi connectivity index (χ1) is 6.69. The van der Waals surface area contributed by atoms with Gasteiger partial charge in [-0.3, -0.25) is 0 Å². The van der Waals surface area contributed by atoms with Gasteiger partial charge < -0.3 is 14.8 Å². The molecule has 0 radical (unpaired) electrons. The van der Waals surface area contributed by atoms with Crippen LogP contribution in [0.3, 0.4) is 0 Å². The lowest BCUT2D eigenvalue weighted by molar-refractivity contribution is 0.340. The molecule has 0 bridgehead atoms. The lowest BCUT2D eigenvalue weighted by Gasteiger charge is -2.09. The Balaban J connectivity index is 2.99. The van der Waals surface area contributed by atoms with E-state index in [2.05, 4.69) is 0 Å². The summed E-state index contributed by atoms with van der Waals surface area (Å²) in [4.78, 5) is 0. The molecular weight excluding hydrogens is 179 g/mol. The van der Waals surface area contributed by atoms with Gasteiger partial charge in [0.1, 0.15) is 5.75 Å². The maximum atomic E-state index is 9.07. The van der Waals surface area contributed by atoms with E-state index in [0.717, 1.165) is 17.7 Å². The van der Waals surface area contributed by atoms with Crippen LogP contribution in [0.25, 0.3) is 0 Å². The highest BCUT2D eigenvalue weighted by Gasteiger charge is 2.15. The molecule has 0 saturated carbocycles. The molecule has 0 amide bonds. The first-order valence-corrected chi connectivity index (χ1v) is 4.80. The molecule has 0 aliphatic heterocycles. The highest BCUT2D eigenvalue weighted by Crippen LogP contribution is 2.12. The van der Waals surface area contributed by atoms with E-state index in [1.807, 2.05) is 19.9 Å². The Morgan fingerprint density at radius 2 is 2.00 bits per heavy atom. The molecule has 0 unspecified atom stereocenters. The van der Waals surface area contributed by atoms with Gasteiger partial charge in [-0.25, -0.2) is 0 Å². The zero-order valence-corrected chi connectivity index (χ0v) is 8.53. The average molecular weight is 194 g/mol. The van der Waals surface area contributed by atoms with Gasteiger partial charge in [0.15, 0.2) is 0 Å². The van der Waals surface area contributed by atoms with E-state index in [-0.39, 0.29) is 0 Å². The van der Waals surface area contributed by atoms with Gasteiger partial charge in [0, 0.05) is 0 Å². The van der Waals surface area contributed by atoms with Crippen LogP contribution in [0.2, 0.25) is 0 Å². The largest absolute Gasteiger partial charge is 0.494 e. The topological polar surface area (TPSA) is 49.7 Å². The Kier molecular flexibility index (Phi) is 3.98. The lowest BCUT2D eigenvalue weighted by atomic mass is 9.76. The molecule has 0 aromatic heterocycles. The van der Waals surface area contributed by atoms with E-state index in [9.17, 15) is 0 Å². The molecule has 0 heterocycles. The maximum Gasteiger partial charge on any atom is 0.488 e. The van der Waals surface area contributed by atoms with Crippen LogP contribution < -0.4 is 10.2 Å². The van der Waals surface area contributed by atoms with Crippen LogP contribution in [-0.4, -0.2) is 23.8 Å². The monoisotopic (exact) mass is 194 g/mol. The van der Waals surface area contributed by atoms with Crippen molar-refractivity contribution in [3.05, 3.63) is 23.8 Å². The molecule has 0 fully saturated rings. The van der Waals surface area contributed by atoms with Crippen molar-refractivity contribution in [2.45, 2.75) is 20.3 Å². The second kappa shape index (κ2) is 5.03. The van der Waals surface area contributed by atoms with E-state index >= 15 is 0 Å². The summed E-state index contributed by atoms with van der Waals surface area (Å²) in [6.07, 6.45) is 0.758. The lowest BCUT2D eigenvalue weighted by Crippen LogP contribution is -2.32. The van der Waals surface area contributed by atoms with Crippen LogP contribution >= 0.6 is 0 Å². The van der Waals surface area contributed by atoms with Gasteiger partial charge >= 0.3 is 7.12 Å². The zero-order valence-electron chi connectivity index (χ0n) is 8.53. The summed E-state index contributed by atoms with van der Waals surface area (Å²) in [7, 11) is -1.40. The van der Waals surface area contributed by atoms with Crippen LogP contribution in [-0.2, 0) is 6.42 Å². The molecule has 1 aromatic carbocycles. The van der Waals surface area contributed by atoms with Gasteiger partial charge in [-0.1, -0.05) is 13.0 Å². The summed E-state index contributed by atoms with van der Waals surface area (Å²) in [5, 5.41) is 18.1. The van der Waals surface area contributed by atoms with Gasteiger partial charge in [-0.2, -0.15) is 0 Å². The summed E-state index contributed by atoms with van der Waals surface area (Å²) in [6, 6.07) is 5.28. The van der Waals surface area contributed by atoms with Crippen LogP contribution in [0.1, 0.15) is 19.4 Å². The summed E-state index contributed by atoms with van der Waals surface area (Å²) < 4.78 is 5.32. The molecular formula is C10H15BO3. The summed E-state index contributed by atoms with van der Waals surface area (Å²) in [5.74, 6) is 0.772. The van der Waals surface area contributed by atoms with Gasteiger partial charge in [0.2, 0.25) is 0 Å². The number of ether oxygens (including phenoxy) is 1. The predicted octanol–water partition coefficient (Wildman–Crippen LogP) is 0.328. The predicted molar refractivity (Wildman–Crippen MR) is 56.8 cm³/mol. The third-order valence-electron chi connectivity index (χ3n) is 2.08. The Bertz CT molecular complexity index is 299. The molecule has 2 N–H and O–H groups in total. The van der Waals surface area contributed by atoms with Gasteiger partial charge in [0.05, 0.1) is 6.61 Å². The Morgan fingerprint density at radius 3 is 2.50 bits per heavy atom. The Morgan fingerprint density at radius 1 is 1.29 bits per heavy atom. The van der Waals surface area contributed by atoms with Crippen molar-refractivity contribution < 1.29 is 14.8 Å². The third-order valence-corrected chi connectivity index (χ3v) is 2.08. The fourth-order valence-corrected chi connectivity index (χ4v) is 1.40. The van der Waals surface area contributed by atoms with Crippen molar-refractivity contribution in [3.63, 3.8) is 0 Å². The standard InChI is InChI=1S/C10H15BO3/c1-3-8-7-9(14-4-2)5-6-10(8)11(12)13/h5-7,12-13H,3-4H2,1-2H3.